The summed E-state index contributed by atoms with van der Waals surface area (Å²) >= 11 is 0. The van der Waals surface area contributed by atoms with Gasteiger partial charge < -0.3 is 15.6 Å². The molecule has 3 N–H and O–H groups in total. The van der Waals surface area contributed by atoms with E-state index in [4.69, 9.17) is 10.5 Å². The first-order valence-electron chi connectivity index (χ1n) is 6.71. The summed E-state index contributed by atoms with van der Waals surface area (Å²) in [6.07, 6.45) is 0. The number of ether oxygens (including phenoxy) is 1. The van der Waals surface area contributed by atoms with Crippen molar-refractivity contribution in [3.8, 4) is 5.75 Å². The molecule has 4 nitrogen and oxygen atoms in total. The summed E-state index contributed by atoms with van der Waals surface area (Å²) in [6, 6.07) is 14.3. The largest absolute Gasteiger partial charge is 0.489 e. The Hall–Kier alpha value is -2.33. The van der Waals surface area contributed by atoms with Crippen LogP contribution >= 0.6 is 0 Å². The van der Waals surface area contributed by atoms with Gasteiger partial charge in [-0.2, -0.15) is 0 Å². The molecular weight excluding hydrogens is 266 g/mol. The lowest BCUT2D eigenvalue weighted by Gasteiger charge is -2.18. The van der Waals surface area contributed by atoms with Crippen LogP contribution in [0, 0.1) is 0 Å². The fraction of sp³-hybridized carbons (Fsp3) is 0.235. The Morgan fingerprint density at radius 3 is 2.14 bits per heavy atom. The van der Waals surface area contributed by atoms with Crippen molar-refractivity contribution < 1.29 is 14.6 Å². The minimum atomic E-state index is -0.858. The second kappa shape index (κ2) is 5.97. The van der Waals surface area contributed by atoms with Crippen LogP contribution in [0.15, 0.2) is 48.5 Å². The molecule has 110 valence electrons. The molecule has 0 atom stereocenters. The maximum absolute atomic E-state index is 11.0. The Morgan fingerprint density at radius 2 is 1.67 bits per heavy atom. The van der Waals surface area contributed by atoms with E-state index in [9.17, 15) is 9.90 Å². The highest BCUT2D eigenvalue weighted by Crippen LogP contribution is 2.22. The zero-order valence-electron chi connectivity index (χ0n) is 12.2. The smallest absolute Gasteiger partial charge is 0.248 e. The van der Waals surface area contributed by atoms with Gasteiger partial charge in [0, 0.05) is 5.56 Å². The molecule has 0 aliphatic heterocycles. The molecule has 2 rings (SSSR count). The van der Waals surface area contributed by atoms with E-state index in [1.807, 2.05) is 36.4 Å². The van der Waals surface area contributed by atoms with Crippen LogP contribution < -0.4 is 10.5 Å². The number of carbonyl (C=O) groups excluding carboxylic acids is 1. The number of hydrogen-bond donors (Lipinski definition) is 2. The van der Waals surface area contributed by atoms with Crippen LogP contribution in [0.3, 0.4) is 0 Å². The zero-order valence-corrected chi connectivity index (χ0v) is 12.2. The van der Waals surface area contributed by atoms with Crippen LogP contribution in [0.25, 0.3) is 0 Å². The first kappa shape index (κ1) is 15.1. The quantitative estimate of drug-likeness (QED) is 0.887. The molecule has 21 heavy (non-hydrogen) atoms. The summed E-state index contributed by atoms with van der Waals surface area (Å²) in [5.41, 5.74) is 6.59. The number of benzene rings is 2. The minimum absolute atomic E-state index is 0.404. The molecular formula is C17H19NO3. The van der Waals surface area contributed by atoms with E-state index in [2.05, 4.69) is 0 Å². The average molecular weight is 285 g/mol. The normalized spacial score (nSPS) is 11.2. The highest BCUT2D eigenvalue weighted by molar-refractivity contribution is 5.92. The number of carbonyl (C=O) groups is 1. The van der Waals surface area contributed by atoms with Gasteiger partial charge in [0.1, 0.15) is 12.4 Å². The van der Waals surface area contributed by atoms with Gasteiger partial charge >= 0.3 is 0 Å². The van der Waals surface area contributed by atoms with Crippen molar-refractivity contribution in [2.24, 2.45) is 5.73 Å². The van der Waals surface area contributed by atoms with E-state index in [1.165, 1.54) is 0 Å². The summed E-state index contributed by atoms with van der Waals surface area (Å²) in [5.74, 6) is 0.284. The number of aliphatic hydroxyl groups is 1. The number of primary amides is 1. The Balaban J connectivity index is 1.98. The standard InChI is InChI=1S/C17H19NO3/c1-17(2,20)14-7-9-15(10-8-14)21-11-12-3-5-13(6-4-12)16(18)19/h3-10,20H,11H2,1-2H3,(H2,18,19). The zero-order chi connectivity index (χ0) is 15.5. The van der Waals surface area contributed by atoms with Gasteiger partial charge in [-0.15, -0.1) is 0 Å². The molecule has 0 heterocycles. The molecule has 0 saturated carbocycles. The summed E-state index contributed by atoms with van der Waals surface area (Å²) in [4.78, 5) is 11.0. The van der Waals surface area contributed by atoms with Gasteiger partial charge in [-0.3, -0.25) is 4.79 Å². The van der Waals surface area contributed by atoms with Crippen LogP contribution in [0.5, 0.6) is 5.75 Å². The number of hydrogen-bond acceptors (Lipinski definition) is 3. The van der Waals surface area contributed by atoms with Gasteiger partial charge in [-0.1, -0.05) is 24.3 Å². The van der Waals surface area contributed by atoms with E-state index >= 15 is 0 Å². The second-order valence-corrected chi connectivity index (χ2v) is 5.43. The van der Waals surface area contributed by atoms with Crippen molar-refractivity contribution in [3.63, 3.8) is 0 Å². The average Bonchev–Trinajstić information content (AvgIpc) is 2.45. The molecule has 1 amide bonds. The van der Waals surface area contributed by atoms with Gasteiger partial charge in [-0.25, -0.2) is 0 Å². The molecule has 0 aromatic heterocycles. The number of amides is 1. The Bertz CT molecular complexity index is 610. The molecule has 0 aliphatic rings. The van der Waals surface area contributed by atoms with Gasteiger partial charge in [0.2, 0.25) is 5.91 Å². The minimum Gasteiger partial charge on any atom is -0.489 e. The lowest BCUT2D eigenvalue weighted by Crippen LogP contribution is -2.14. The van der Waals surface area contributed by atoms with E-state index < -0.39 is 11.5 Å². The SMILES string of the molecule is CC(C)(O)c1ccc(OCc2ccc(C(N)=O)cc2)cc1. The van der Waals surface area contributed by atoms with Crippen molar-refractivity contribution in [2.75, 3.05) is 0 Å². The summed E-state index contributed by atoms with van der Waals surface area (Å²) < 4.78 is 5.66. The van der Waals surface area contributed by atoms with E-state index in [1.54, 1.807) is 26.0 Å². The topological polar surface area (TPSA) is 72.6 Å². The summed E-state index contributed by atoms with van der Waals surface area (Å²) in [6.45, 7) is 3.88. The first-order chi connectivity index (χ1) is 9.86. The van der Waals surface area contributed by atoms with Crippen LogP contribution in [-0.2, 0) is 12.2 Å². The molecule has 0 unspecified atom stereocenters. The first-order valence-corrected chi connectivity index (χ1v) is 6.71. The third-order valence-corrected chi connectivity index (χ3v) is 3.20. The fourth-order valence-corrected chi connectivity index (χ4v) is 1.89. The van der Waals surface area contributed by atoms with Crippen LogP contribution in [0.4, 0.5) is 0 Å². The van der Waals surface area contributed by atoms with Crippen molar-refractivity contribution in [1.29, 1.82) is 0 Å². The van der Waals surface area contributed by atoms with Gasteiger partial charge in [0.05, 0.1) is 5.60 Å². The van der Waals surface area contributed by atoms with Gasteiger partial charge in [-0.05, 0) is 49.2 Å². The highest BCUT2D eigenvalue weighted by atomic mass is 16.5. The molecule has 0 aliphatic carbocycles. The van der Waals surface area contributed by atoms with E-state index in [0.29, 0.717) is 12.2 Å². The summed E-state index contributed by atoms with van der Waals surface area (Å²) in [7, 11) is 0. The van der Waals surface area contributed by atoms with Crippen molar-refractivity contribution in [2.45, 2.75) is 26.1 Å². The van der Waals surface area contributed by atoms with E-state index in [-0.39, 0.29) is 0 Å². The predicted octanol–water partition coefficient (Wildman–Crippen LogP) is 2.59. The van der Waals surface area contributed by atoms with Crippen molar-refractivity contribution >= 4 is 5.91 Å². The molecule has 4 heteroatoms. The second-order valence-electron chi connectivity index (χ2n) is 5.43. The fourth-order valence-electron chi connectivity index (χ4n) is 1.89. The van der Waals surface area contributed by atoms with Crippen LogP contribution in [0.2, 0.25) is 0 Å². The Labute approximate surface area is 124 Å². The highest BCUT2D eigenvalue weighted by Gasteiger charge is 2.15. The van der Waals surface area contributed by atoms with Crippen molar-refractivity contribution in [1.82, 2.24) is 0 Å². The maximum Gasteiger partial charge on any atom is 0.248 e. The molecule has 0 spiro atoms. The lowest BCUT2D eigenvalue weighted by atomic mass is 9.99. The third kappa shape index (κ3) is 4.07. The third-order valence-electron chi connectivity index (χ3n) is 3.20. The molecule has 0 fully saturated rings. The van der Waals surface area contributed by atoms with E-state index in [0.717, 1.165) is 16.9 Å². The van der Waals surface area contributed by atoms with Gasteiger partial charge in [0.15, 0.2) is 0 Å². The Morgan fingerprint density at radius 1 is 1.10 bits per heavy atom. The monoisotopic (exact) mass is 285 g/mol. The number of rotatable bonds is 5. The molecule has 2 aromatic rings. The molecule has 0 radical (unpaired) electrons. The van der Waals surface area contributed by atoms with Crippen LogP contribution in [-0.4, -0.2) is 11.0 Å². The maximum atomic E-state index is 11.0. The van der Waals surface area contributed by atoms with Crippen molar-refractivity contribution in [3.05, 3.63) is 65.2 Å². The molecule has 0 saturated heterocycles. The number of nitrogens with two attached hydrogens (primary N) is 1. The predicted molar refractivity (Wildman–Crippen MR) is 81.0 cm³/mol. The summed E-state index contributed by atoms with van der Waals surface area (Å²) in [5, 5.41) is 9.88. The Kier molecular flexibility index (Phi) is 4.29. The molecule has 0 bridgehead atoms. The van der Waals surface area contributed by atoms with Crippen LogP contribution in [0.1, 0.15) is 35.3 Å². The van der Waals surface area contributed by atoms with Gasteiger partial charge in [0.25, 0.3) is 0 Å². The lowest BCUT2D eigenvalue weighted by molar-refractivity contribution is 0.0785. The molecule has 2 aromatic carbocycles.